The van der Waals surface area contributed by atoms with Crippen molar-refractivity contribution in [2.24, 2.45) is 5.41 Å². The lowest BCUT2D eigenvalue weighted by Gasteiger charge is -2.38. The van der Waals surface area contributed by atoms with Crippen LogP contribution < -0.4 is 0 Å². The van der Waals surface area contributed by atoms with Crippen molar-refractivity contribution < 1.29 is 9.32 Å². The van der Waals surface area contributed by atoms with Crippen molar-refractivity contribution >= 4 is 17.4 Å². The van der Waals surface area contributed by atoms with Crippen LogP contribution in [0.3, 0.4) is 0 Å². The molecule has 0 unspecified atom stereocenters. The Hall–Kier alpha value is -1.73. The lowest BCUT2D eigenvalue weighted by Crippen LogP contribution is -2.49. The van der Waals surface area contributed by atoms with E-state index < -0.39 is 0 Å². The molecule has 0 N–H and O–H groups in total. The van der Waals surface area contributed by atoms with Crippen molar-refractivity contribution in [3.05, 3.63) is 34.7 Å². The largest absolute Gasteiger partial charge is 0.359 e. The van der Waals surface area contributed by atoms with Gasteiger partial charge in [-0.15, -0.1) is 0 Å². The van der Waals surface area contributed by atoms with Gasteiger partial charge in [0.15, 0.2) is 5.76 Å². The van der Waals surface area contributed by atoms with Gasteiger partial charge in [0.05, 0.1) is 17.7 Å². The van der Waals surface area contributed by atoms with Crippen molar-refractivity contribution in [3.8, 4) is 0 Å². The predicted molar refractivity (Wildman–Crippen MR) is 99.5 cm³/mol. The third-order valence-electron chi connectivity index (χ3n) is 6.20. The second-order valence-electron chi connectivity index (χ2n) is 7.76. The summed E-state index contributed by atoms with van der Waals surface area (Å²) < 4.78 is 9.53. The van der Waals surface area contributed by atoms with Gasteiger partial charge in [0, 0.05) is 43.3 Å². The van der Waals surface area contributed by atoms with Crippen LogP contribution in [0.5, 0.6) is 0 Å². The Morgan fingerprint density at radius 1 is 1.50 bits per heavy atom. The number of hydrogen-bond donors (Lipinski definition) is 0. The van der Waals surface area contributed by atoms with Crippen LogP contribution >= 0.6 is 11.5 Å². The Balaban J connectivity index is 1.52. The monoisotopic (exact) mass is 374 g/mol. The Bertz CT molecular complexity index is 774. The Kier molecular flexibility index (Phi) is 4.61. The number of nitrogens with zero attached hydrogens (tertiary/aromatic N) is 4. The van der Waals surface area contributed by atoms with Crippen LogP contribution in [0.15, 0.2) is 22.2 Å². The van der Waals surface area contributed by atoms with Crippen molar-refractivity contribution in [3.63, 3.8) is 0 Å². The highest BCUT2D eigenvalue weighted by molar-refractivity contribution is 7.03. The lowest BCUT2D eigenvalue weighted by atomic mass is 9.71. The number of aryl methyl sites for hydroxylation is 1. The minimum Gasteiger partial charge on any atom is -0.359 e. The summed E-state index contributed by atoms with van der Waals surface area (Å²) in [6, 6.07) is 2.73. The third kappa shape index (κ3) is 2.87. The molecule has 0 saturated carbocycles. The molecule has 2 aliphatic heterocycles. The molecule has 3 atom stereocenters. The molecule has 4 heterocycles. The highest BCUT2D eigenvalue weighted by Crippen LogP contribution is 2.53. The van der Waals surface area contributed by atoms with Crippen LogP contribution in [-0.2, 0) is 17.9 Å². The molecule has 2 aromatic heterocycles. The molecule has 1 amide bonds. The first-order valence-electron chi connectivity index (χ1n) is 9.35. The molecule has 140 valence electrons. The molecule has 0 spiro atoms. The first-order chi connectivity index (χ1) is 12.5. The molecular formula is C19H26N4O2S. The number of amides is 1. The van der Waals surface area contributed by atoms with E-state index in [0.717, 1.165) is 37.3 Å². The first-order valence-corrected chi connectivity index (χ1v) is 10.2. The molecule has 0 aromatic carbocycles. The Morgan fingerprint density at radius 3 is 3.00 bits per heavy atom. The van der Waals surface area contributed by atoms with E-state index >= 15 is 0 Å². The number of carbonyl (C=O) groups is 1. The van der Waals surface area contributed by atoms with E-state index in [9.17, 15) is 4.79 Å². The number of rotatable bonds is 6. The fraction of sp³-hybridized carbons (Fsp3) is 0.632. The summed E-state index contributed by atoms with van der Waals surface area (Å²) in [4.78, 5) is 17.9. The molecule has 2 aromatic rings. The van der Waals surface area contributed by atoms with Crippen molar-refractivity contribution in [1.29, 1.82) is 0 Å². The summed E-state index contributed by atoms with van der Waals surface area (Å²) in [5.74, 6) is 0.989. The highest BCUT2D eigenvalue weighted by Gasteiger charge is 2.59. The fourth-order valence-corrected chi connectivity index (χ4v) is 5.53. The molecule has 2 bridgehead atoms. The number of carbonyl (C=O) groups excluding carboxylic acids is 1. The SMILES string of the molecule is CC[C@@]1(C(=O)N(C)Cc2cc(C)no2)C[C@@H]2CC[C@H]1N2Cc1cnsc1. The van der Waals surface area contributed by atoms with Gasteiger partial charge in [0.2, 0.25) is 5.91 Å². The zero-order chi connectivity index (χ0) is 18.3. The maximum atomic E-state index is 13.5. The smallest absolute Gasteiger partial charge is 0.230 e. The molecule has 2 fully saturated rings. The van der Waals surface area contributed by atoms with Crippen LogP contribution in [0.2, 0.25) is 0 Å². The van der Waals surface area contributed by atoms with Gasteiger partial charge in [0.1, 0.15) is 0 Å². The number of hydrogen-bond acceptors (Lipinski definition) is 6. The molecule has 4 rings (SSSR count). The topological polar surface area (TPSA) is 62.5 Å². The Labute approximate surface area is 158 Å². The molecule has 7 heteroatoms. The van der Waals surface area contributed by atoms with Gasteiger partial charge in [-0.2, -0.15) is 0 Å². The molecule has 26 heavy (non-hydrogen) atoms. The zero-order valence-corrected chi connectivity index (χ0v) is 16.5. The van der Waals surface area contributed by atoms with Crippen LogP contribution in [0.25, 0.3) is 0 Å². The van der Waals surface area contributed by atoms with Gasteiger partial charge in [0.25, 0.3) is 0 Å². The van der Waals surface area contributed by atoms with Crippen LogP contribution in [-0.4, -0.2) is 44.4 Å². The summed E-state index contributed by atoms with van der Waals surface area (Å²) in [5, 5.41) is 6.05. The van der Waals surface area contributed by atoms with Crippen LogP contribution in [0, 0.1) is 12.3 Å². The van der Waals surface area contributed by atoms with E-state index in [0.29, 0.717) is 18.6 Å². The molecule has 0 radical (unpaired) electrons. The lowest BCUT2D eigenvalue weighted by molar-refractivity contribution is -0.144. The molecule has 6 nitrogen and oxygen atoms in total. The third-order valence-corrected chi connectivity index (χ3v) is 6.84. The molecule has 2 saturated heterocycles. The fourth-order valence-electron chi connectivity index (χ4n) is 5.00. The van der Waals surface area contributed by atoms with E-state index in [-0.39, 0.29) is 11.3 Å². The average Bonchev–Trinajstić information content (AvgIpc) is 3.41. The van der Waals surface area contributed by atoms with Gasteiger partial charge >= 0.3 is 0 Å². The number of fused-ring (bicyclic) bond motifs is 2. The van der Waals surface area contributed by atoms with Crippen LogP contribution in [0.1, 0.15) is 49.6 Å². The van der Waals surface area contributed by atoms with Crippen molar-refractivity contribution in [1.82, 2.24) is 19.3 Å². The molecule has 2 aliphatic rings. The van der Waals surface area contributed by atoms with Crippen molar-refractivity contribution in [2.75, 3.05) is 7.05 Å². The molecule has 0 aliphatic carbocycles. The van der Waals surface area contributed by atoms with E-state index in [4.69, 9.17) is 4.52 Å². The minimum atomic E-state index is -0.282. The summed E-state index contributed by atoms with van der Waals surface area (Å²) >= 11 is 1.50. The van der Waals surface area contributed by atoms with E-state index in [1.54, 1.807) is 0 Å². The molecular weight excluding hydrogens is 348 g/mol. The van der Waals surface area contributed by atoms with E-state index in [1.165, 1.54) is 23.5 Å². The number of aromatic nitrogens is 2. The minimum absolute atomic E-state index is 0.245. The Morgan fingerprint density at radius 2 is 2.35 bits per heavy atom. The van der Waals surface area contributed by atoms with Gasteiger partial charge in [-0.05, 0) is 49.7 Å². The summed E-state index contributed by atoms with van der Waals surface area (Å²) in [6.45, 7) is 5.45. The second kappa shape index (κ2) is 6.78. The van der Waals surface area contributed by atoms with Gasteiger partial charge in [-0.1, -0.05) is 12.1 Å². The van der Waals surface area contributed by atoms with Gasteiger partial charge in [-0.3, -0.25) is 9.69 Å². The second-order valence-corrected chi connectivity index (χ2v) is 8.42. The van der Waals surface area contributed by atoms with E-state index in [2.05, 4.69) is 26.7 Å². The zero-order valence-electron chi connectivity index (χ0n) is 15.6. The maximum Gasteiger partial charge on any atom is 0.230 e. The summed E-state index contributed by atoms with van der Waals surface area (Å²) in [6.07, 6.45) is 6.10. The predicted octanol–water partition coefficient (Wildman–Crippen LogP) is 3.23. The quantitative estimate of drug-likeness (QED) is 0.777. The summed E-state index contributed by atoms with van der Waals surface area (Å²) in [7, 11) is 1.89. The van der Waals surface area contributed by atoms with Gasteiger partial charge < -0.3 is 9.42 Å². The highest BCUT2D eigenvalue weighted by atomic mass is 32.1. The van der Waals surface area contributed by atoms with Crippen LogP contribution in [0.4, 0.5) is 0 Å². The van der Waals surface area contributed by atoms with Crippen molar-refractivity contribution in [2.45, 2.75) is 64.7 Å². The van der Waals surface area contributed by atoms with Gasteiger partial charge in [-0.25, -0.2) is 4.37 Å². The average molecular weight is 375 g/mol. The van der Waals surface area contributed by atoms with E-state index in [1.807, 2.05) is 31.1 Å². The maximum absolute atomic E-state index is 13.5. The normalized spacial score (nSPS) is 28.0. The summed E-state index contributed by atoms with van der Waals surface area (Å²) in [5.41, 5.74) is 1.83. The first kappa shape index (κ1) is 17.7. The standard InChI is InChI=1S/C19H26N4O2S/c1-4-19(18(24)22(3)11-16-7-13(2)21-25-16)8-15-5-6-17(19)23(15)10-14-9-20-26-12-14/h7,9,12,15,17H,4-6,8,10-11H2,1-3H3/t15-,17+,19+/m0/s1.